The van der Waals surface area contributed by atoms with Crippen LogP contribution >= 0.6 is 0 Å². The summed E-state index contributed by atoms with van der Waals surface area (Å²) in [5, 5.41) is 3.38. The summed E-state index contributed by atoms with van der Waals surface area (Å²) in [5.74, 6) is 1.95. The molecule has 1 N–H and O–H groups in total. The molecular weight excluding hydrogens is 250 g/mol. The number of pyridine rings is 1. The van der Waals surface area contributed by atoms with Crippen molar-refractivity contribution < 1.29 is 4.42 Å². The second-order valence-corrected chi connectivity index (χ2v) is 5.06. The molecule has 2 heterocycles. The number of nitrogens with zero attached hydrogens (tertiary/aromatic N) is 2. The van der Waals surface area contributed by atoms with E-state index in [4.69, 9.17) is 4.42 Å². The van der Waals surface area contributed by atoms with E-state index in [1.165, 1.54) is 11.1 Å². The van der Waals surface area contributed by atoms with Gasteiger partial charge in [-0.1, -0.05) is 13.0 Å². The molecular formula is C16H23N3O. The zero-order chi connectivity index (χ0) is 14.4. The molecule has 4 nitrogen and oxygen atoms in total. The van der Waals surface area contributed by atoms with Crippen molar-refractivity contribution in [2.75, 3.05) is 18.5 Å². The molecule has 0 unspecified atom stereocenters. The summed E-state index contributed by atoms with van der Waals surface area (Å²) in [4.78, 5) is 6.65. The Hall–Kier alpha value is -1.81. The highest BCUT2D eigenvalue weighted by atomic mass is 16.3. The number of nitrogens with one attached hydrogen (secondary N) is 1. The first-order valence-corrected chi connectivity index (χ1v) is 7.10. The van der Waals surface area contributed by atoms with Crippen LogP contribution in [0.1, 0.15) is 30.2 Å². The van der Waals surface area contributed by atoms with Crippen LogP contribution < -0.4 is 10.2 Å². The second kappa shape index (κ2) is 7.10. The van der Waals surface area contributed by atoms with Gasteiger partial charge in [0, 0.05) is 31.9 Å². The summed E-state index contributed by atoms with van der Waals surface area (Å²) in [7, 11) is 2.05. The summed E-state index contributed by atoms with van der Waals surface area (Å²) >= 11 is 0. The van der Waals surface area contributed by atoms with Gasteiger partial charge in [-0.15, -0.1) is 0 Å². The molecule has 2 rings (SSSR count). The quantitative estimate of drug-likeness (QED) is 0.787. The Bertz CT molecular complexity index is 519. The molecule has 0 bridgehead atoms. The monoisotopic (exact) mass is 273 g/mol. The summed E-state index contributed by atoms with van der Waals surface area (Å²) < 4.78 is 5.32. The Labute approximate surface area is 120 Å². The van der Waals surface area contributed by atoms with E-state index in [1.54, 1.807) is 6.26 Å². The number of hydrogen-bond acceptors (Lipinski definition) is 4. The van der Waals surface area contributed by atoms with Gasteiger partial charge in [0.25, 0.3) is 0 Å². The van der Waals surface area contributed by atoms with E-state index in [-0.39, 0.29) is 0 Å². The summed E-state index contributed by atoms with van der Waals surface area (Å²) in [6, 6.07) is 6.21. The number of rotatable bonds is 7. The lowest BCUT2D eigenvalue weighted by Gasteiger charge is -2.18. The van der Waals surface area contributed by atoms with E-state index in [1.807, 2.05) is 26.2 Å². The Morgan fingerprint density at radius 2 is 2.15 bits per heavy atom. The average molecular weight is 273 g/mol. The molecule has 0 amide bonds. The number of furan rings is 1. The Morgan fingerprint density at radius 3 is 2.75 bits per heavy atom. The Kier molecular flexibility index (Phi) is 5.18. The van der Waals surface area contributed by atoms with Gasteiger partial charge in [0.05, 0.1) is 6.26 Å². The van der Waals surface area contributed by atoms with Crippen molar-refractivity contribution in [3.63, 3.8) is 0 Å². The van der Waals surface area contributed by atoms with E-state index in [2.05, 4.69) is 34.3 Å². The minimum Gasteiger partial charge on any atom is -0.469 e. The van der Waals surface area contributed by atoms with Gasteiger partial charge in [0.1, 0.15) is 11.6 Å². The highest BCUT2D eigenvalue weighted by Crippen LogP contribution is 2.16. The van der Waals surface area contributed by atoms with Crippen LogP contribution in [-0.2, 0) is 13.1 Å². The topological polar surface area (TPSA) is 41.3 Å². The molecule has 0 atom stereocenters. The van der Waals surface area contributed by atoms with Crippen molar-refractivity contribution in [1.29, 1.82) is 0 Å². The van der Waals surface area contributed by atoms with E-state index in [9.17, 15) is 0 Å². The van der Waals surface area contributed by atoms with Gasteiger partial charge >= 0.3 is 0 Å². The molecule has 0 radical (unpaired) electrons. The van der Waals surface area contributed by atoms with Crippen molar-refractivity contribution in [3.8, 4) is 0 Å². The van der Waals surface area contributed by atoms with Crippen molar-refractivity contribution in [3.05, 3.63) is 47.5 Å². The molecule has 0 saturated heterocycles. The molecule has 0 aromatic carbocycles. The van der Waals surface area contributed by atoms with Crippen molar-refractivity contribution >= 4 is 5.82 Å². The molecule has 2 aromatic rings. The van der Waals surface area contributed by atoms with Crippen LogP contribution in [0.2, 0.25) is 0 Å². The first-order chi connectivity index (χ1) is 9.70. The second-order valence-electron chi connectivity index (χ2n) is 5.06. The largest absolute Gasteiger partial charge is 0.469 e. The average Bonchev–Trinajstić information content (AvgIpc) is 2.85. The van der Waals surface area contributed by atoms with Crippen LogP contribution in [0.4, 0.5) is 5.82 Å². The van der Waals surface area contributed by atoms with Crippen molar-refractivity contribution in [2.24, 2.45) is 0 Å². The van der Waals surface area contributed by atoms with Gasteiger partial charge in [-0.05, 0) is 37.6 Å². The lowest BCUT2D eigenvalue weighted by molar-refractivity contribution is 0.529. The zero-order valence-electron chi connectivity index (χ0n) is 12.5. The van der Waals surface area contributed by atoms with E-state index in [0.29, 0.717) is 0 Å². The highest BCUT2D eigenvalue weighted by molar-refractivity contribution is 5.39. The number of aryl methyl sites for hydroxylation is 1. The number of aromatic nitrogens is 1. The SMILES string of the molecule is CCCNCc1ccc(N(C)Cc2ccoc2C)nc1. The minimum absolute atomic E-state index is 0.808. The van der Waals surface area contributed by atoms with Crippen LogP contribution in [0, 0.1) is 6.92 Å². The number of anilines is 1. The summed E-state index contributed by atoms with van der Waals surface area (Å²) in [5.41, 5.74) is 2.41. The maximum Gasteiger partial charge on any atom is 0.128 e. The first kappa shape index (κ1) is 14.6. The Morgan fingerprint density at radius 1 is 1.30 bits per heavy atom. The fraction of sp³-hybridized carbons (Fsp3) is 0.438. The third kappa shape index (κ3) is 3.84. The van der Waals surface area contributed by atoms with Gasteiger partial charge in [-0.3, -0.25) is 0 Å². The molecule has 108 valence electrons. The smallest absolute Gasteiger partial charge is 0.128 e. The predicted octanol–water partition coefficient (Wildman–Crippen LogP) is 3.12. The number of hydrogen-bond donors (Lipinski definition) is 1. The third-order valence-electron chi connectivity index (χ3n) is 3.33. The maximum atomic E-state index is 5.32. The van der Waals surface area contributed by atoms with E-state index in [0.717, 1.165) is 37.6 Å². The lowest BCUT2D eigenvalue weighted by atomic mass is 10.2. The molecule has 0 aliphatic heterocycles. The first-order valence-electron chi connectivity index (χ1n) is 7.10. The van der Waals surface area contributed by atoms with Gasteiger partial charge in [0.15, 0.2) is 0 Å². The molecule has 0 fully saturated rings. The van der Waals surface area contributed by atoms with Crippen molar-refractivity contribution in [1.82, 2.24) is 10.3 Å². The Balaban J connectivity index is 1.93. The summed E-state index contributed by atoms with van der Waals surface area (Å²) in [6.45, 7) is 6.89. The van der Waals surface area contributed by atoms with E-state index < -0.39 is 0 Å². The predicted molar refractivity (Wildman–Crippen MR) is 81.8 cm³/mol. The van der Waals surface area contributed by atoms with Gasteiger partial charge in [-0.2, -0.15) is 0 Å². The molecule has 0 spiro atoms. The molecule has 0 aliphatic rings. The normalized spacial score (nSPS) is 10.8. The molecule has 4 heteroatoms. The fourth-order valence-electron chi connectivity index (χ4n) is 2.07. The van der Waals surface area contributed by atoms with Crippen molar-refractivity contribution in [2.45, 2.75) is 33.4 Å². The van der Waals surface area contributed by atoms with Crippen LogP contribution in [-0.4, -0.2) is 18.6 Å². The van der Waals surface area contributed by atoms with Gasteiger partial charge < -0.3 is 14.6 Å². The molecule has 0 aliphatic carbocycles. The molecule has 2 aromatic heterocycles. The minimum atomic E-state index is 0.808. The zero-order valence-corrected chi connectivity index (χ0v) is 12.5. The van der Waals surface area contributed by atoms with Gasteiger partial charge in [0.2, 0.25) is 0 Å². The molecule has 0 saturated carbocycles. The highest BCUT2D eigenvalue weighted by Gasteiger charge is 2.07. The van der Waals surface area contributed by atoms with Crippen LogP contribution in [0.3, 0.4) is 0 Å². The molecule has 20 heavy (non-hydrogen) atoms. The lowest BCUT2D eigenvalue weighted by Crippen LogP contribution is -2.18. The van der Waals surface area contributed by atoms with Crippen LogP contribution in [0.5, 0.6) is 0 Å². The van der Waals surface area contributed by atoms with Gasteiger partial charge in [-0.25, -0.2) is 4.98 Å². The fourth-order valence-corrected chi connectivity index (χ4v) is 2.07. The third-order valence-corrected chi connectivity index (χ3v) is 3.33. The maximum absolute atomic E-state index is 5.32. The van der Waals surface area contributed by atoms with Crippen LogP contribution in [0.15, 0.2) is 35.1 Å². The standard InChI is InChI=1S/C16H23N3O/c1-4-8-17-10-14-5-6-16(18-11-14)19(3)12-15-7-9-20-13(15)2/h5-7,9,11,17H,4,8,10,12H2,1-3H3. The van der Waals surface area contributed by atoms with Crippen LogP contribution in [0.25, 0.3) is 0 Å². The summed E-state index contributed by atoms with van der Waals surface area (Å²) in [6.07, 6.45) is 4.82. The van der Waals surface area contributed by atoms with E-state index >= 15 is 0 Å².